The Morgan fingerprint density at radius 2 is 1.69 bits per heavy atom. The van der Waals surface area contributed by atoms with Crippen LogP contribution in [0.15, 0.2) is 71.9 Å². The van der Waals surface area contributed by atoms with E-state index in [-0.39, 0.29) is 5.56 Å². The number of primary amides is 1. The number of rotatable bonds is 5. The van der Waals surface area contributed by atoms with Gasteiger partial charge in [0.25, 0.3) is 5.56 Å². The molecule has 0 saturated heterocycles. The SMILES string of the molecule is CC.NC(=O)c1cncc(Cc2ccc(Cn3ccccc3=O)cc2)c1. The number of aromatic nitrogens is 2. The third-order valence-corrected chi connectivity index (χ3v) is 3.76. The maximum absolute atomic E-state index is 11.7. The van der Waals surface area contributed by atoms with E-state index in [1.165, 1.54) is 6.20 Å². The van der Waals surface area contributed by atoms with Gasteiger partial charge in [0.05, 0.1) is 12.1 Å². The van der Waals surface area contributed by atoms with Crippen molar-refractivity contribution in [2.24, 2.45) is 5.73 Å². The Kier molecular flexibility index (Phi) is 6.85. The van der Waals surface area contributed by atoms with Crippen molar-refractivity contribution in [2.45, 2.75) is 26.8 Å². The first-order valence-electron chi connectivity index (χ1n) is 8.59. The number of benzene rings is 1. The first-order valence-corrected chi connectivity index (χ1v) is 8.59. The van der Waals surface area contributed by atoms with E-state index in [0.29, 0.717) is 18.5 Å². The van der Waals surface area contributed by atoms with Gasteiger partial charge in [-0.15, -0.1) is 0 Å². The molecule has 2 aromatic heterocycles. The summed E-state index contributed by atoms with van der Waals surface area (Å²) in [4.78, 5) is 27.0. The molecule has 5 nitrogen and oxygen atoms in total. The van der Waals surface area contributed by atoms with Crippen LogP contribution in [0.3, 0.4) is 0 Å². The van der Waals surface area contributed by atoms with Gasteiger partial charge in [-0.25, -0.2) is 0 Å². The molecule has 0 atom stereocenters. The van der Waals surface area contributed by atoms with Crippen molar-refractivity contribution in [1.29, 1.82) is 0 Å². The van der Waals surface area contributed by atoms with Crippen LogP contribution in [-0.2, 0) is 13.0 Å². The number of nitrogens with zero attached hydrogens (tertiary/aromatic N) is 2. The first kappa shape index (κ1) is 19.1. The molecule has 26 heavy (non-hydrogen) atoms. The summed E-state index contributed by atoms with van der Waals surface area (Å²) in [5.74, 6) is -0.479. The third kappa shape index (κ3) is 5.14. The van der Waals surface area contributed by atoms with Crippen LogP contribution in [-0.4, -0.2) is 15.5 Å². The van der Waals surface area contributed by atoms with Crippen LogP contribution in [0.5, 0.6) is 0 Å². The molecule has 0 bridgehead atoms. The van der Waals surface area contributed by atoms with E-state index in [0.717, 1.165) is 16.7 Å². The quantitative estimate of drug-likeness (QED) is 0.769. The van der Waals surface area contributed by atoms with E-state index in [4.69, 9.17) is 5.73 Å². The molecule has 3 rings (SSSR count). The molecule has 0 unspecified atom stereocenters. The van der Waals surface area contributed by atoms with Crippen molar-refractivity contribution in [2.75, 3.05) is 0 Å². The maximum Gasteiger partial charge on any atom is 0.250 e. The average Bonchev–Trinajstić information content (AvgIpc) is 2.67. The van der Waals surface area contributed by atoms with Gasteiger partial charge in [-0.1, -0.05) is 44.2 Å². The molecule has 0 radical (unpaired) electrons. The second-order valence-corrected chi connectivity index (χ2v) is 5.61. The fraction of sp³-hybridized carbons (Fsp3) is 0.190. The number of carbonyl (C=O) groups excluding carboxylic acids is 1. The summed E-state index contributed by atoms with van der Waals surface area (Å²) >= 11 is 0. The van der Waals surface area contributed by atoms with E-state index < -0.39 is 5.91 Å². The first-order chi connectivity index (χ1) is 12.6. The van der Waals surface area contributed by atoms with Gasteiger partial charge in [-0.3, -0.25) is 14.6 Å². The summed E-state index contributed by atoms with van der Waals surface area (Å²) in [5.41, 5.74) is 8.75. The van der Waals surface area contributed by atoms with Gasteiger partial charge in [0.1, 0.15) is 0 Å². The molecule has 0 saturated carbocycles. The smallest absolute Gasteiger partial charge is 0.250 e. The van der Waals surface area contributed by atoms with E-state index in [1.807, 2.05) is 44.2 Å². The van der Waals surface area contributed by atoms with Crippen LogP contribution in [0.1, 0.15) is 40.9 Å². The van der Waals surface area contributed by atoms with Crippen LogP contribution >= 0.6 is 0 Å². The number of amides is 1. The van der Waals surface area contributed by atoms with Gasteiger partial charge >= 0.3 is 0 Å². The fourth-order valence-electron chi connectivity index (χ4n) is 2.51. The Hall–Kier alpha value is -3.21. The van der Waals surface area contributed by atoms with Crippen molar-refractivity contribution < 1.29 is 4.79 Å². The molecule has 0 aliphatic carbocycles. The lowest BCUT2D eigenvalue weighted by molar-refractivity contribution is 0.1000. The minimum Gasteiger partial charge on any atom is -0.366 e. The molecule has 0 spiro atoms. The zero-order valence-electron chi connectivity index (χ0n) is 15.1. The molecule has 2 N–H and O–H groups in total. The standard InChI is InChI=1S/C19H17N3O2.C2H6/c20-19(24)17-10-16(11-21-12-17)9-14-4-6-15(7-5-14)13-22-8-2-1-3-18(22)23;1-2/h1-8,10-12H,9,13H2,(H2,20,24);1-2H3. The molecule has 0 fully saturated rings. The summed E-state index contributed by atoms with van der Waals surface area (Å²) in [5, 5.41) is 0. The normalized spacial score (nSPS) is 9.92. The molecule has 134 valence electrons. The molecular weight excluding hydrogens is 326 g/mol. The number of nitrogens with two attached hydrogens (primary N) is 1. The molecule has 5 heteroatoms. The molecule has 1 amide bonds. The second-order valence-electron chi connectivity index (χ2n) is 5.61. The number of hydrogen-bond donors (Lipinski definition) is 1. The Morgan fingerprint density at radius 3 is 2.35 bits per heavy atom. The van der Waals surface area contributed by atoms with Crippen LogP contribution < -0.4 is 11.3 Å². The third-order valence-electron chi connectivity index (χ3n) is 3.76. The lowest BCUT2D eigenvalue weighted by Crippen LogP contribution is -2.18. The summed E-state index contributed by atoms with van der Waals surface area (Å²) in [6.07, 6.45) is 5.63. The lowest BCUT2D eigenvalue weighted by atomic mass is 10.0. The van der Waals surface area contributed by atoms with Crippen molar-refractivity contribution >= 4 is 5.91 Å². The van der Waals surface area contributed by atoms with Crippen molar-refractivity contribution in [3.63, 3.8) is 0 Å². The lowest BCUT2D eigenvalue weighted by Gasteiger charge is -2.07. The Morgan fingerprint density at radius 1 is 1.00 bits per heavy atom. The largest absolute Gasteiger partial charge is 0.366 e. The van der Waals surface area contributed by atoms with Gasteiger partial charge in [0, 0.05) is 24.7 Å². The summed E-state index contributed by atoms with van der Waals surface area (Å²) < 4.78 is 1.66. The second kappa shape index (κ2) is 9.32. The Labute approximate surface area is 153 Å². The number of carbonyl (C=O) groups is 1. The van der Waals surface area contributed by atoms with Crippen molar-refractivity contribution in [3.8, 4) is 0 Å². The average molecular weight is 349 g/mol. The van der Waals surface area contributed by atoms with Crippen LogP contribution in [0.4, 0.5) is 0 Å². The molecule has 3 aromatic rings. The maximum atomic E-state index is 11.7. The van der Waals surface area contributed by atoms with Gasteiger partial charge in [0.2, 0.25) is 5.91 Å². The highest BCUT2D eigenvalue weighted by Gasteiger charge is 2.04. The molecular formula is C21H23N3O2. The highest BCUT2D eigenvalue weighted by atomic mass is 16.1. The molecule has 0 aliphatic rings. The predicted octanol–water partition coefficient (Wildman–Crippen LogP) is 3.01. The van der Waals surface area contributed by atoms with Crippen LogP contribution in [0, 0.1) is 0 Å². The van der Waals surface area contributed by atoms with Gasteiger partial charge in [0.15, 0.2) is 0 Å². The van der Waals surface area contributed by atoms with Gasteiger partial charge in [-0.2, -0.15) is 0 Å². The number of hydrogen-bond acceptors (Lipinski definition) is 3. The Balaban J connectivity index is 0.00000117. The monoisotopic (exact) mass is 349 g/mol. The van der Waals surface area contributed by atoms with Crippen molar-refractivity contribution in [3.05, 3.63) is 99.7 Å². The molecule has 1 aromatic carbocycles. The van der Waals surface area contributed by atoms with E-state index >= 15 is 0 Å². The molecule has 0 aliphatic heterocycles. The fourth-order valence-corrected chi connectivity index (χ4v) is 2.51. The number of pyridine rings is 2. The summed E-state index contributed by atoms with van der Waals surface area (Å²) in [6.45, 7) is 4.54. The summed E-state index contributed by atoms with van der Waals surface area (Å²) in [6, 6.07) is 14.9. The Bertz CT molecular complexity index is 915. The van der Waals surface area contributed by atoms with Crippen LogP contribution in [0.25, 0.3) is 0 Å². The van der Waals surface area contributed by atoms with E-state index in [2.05, 4.69) is 4.98 Å². The highest BCUT2D eigenvalue weighted by Crippen LogP contribution is 2.12. The van der Waals surface area contributed by atoms with Crippen molar-refractivity contribution in [1.82, 2.24) is 9.55 Å². The summed E-state index contributed by atoms with van der Waals surface area (Å²) in [7, 11) is 0. The predicted molar refractivity (Wildman–Crippen MR) is 103 cm³/mol. The molecule has 2 heterocycles. The van der Waals surface area contributed by atoms with Gasteiger partial charge < -0.3 is 10.3 Å². The van der Waals surface area contributed by atoms with Gasteiger partial charge in [-0.05, 0) is 35.2 Å². The topological polar surface area (TPSA) is 78.0 Å². The zero-order chi connectivity index (χ0) is 18.9. The minimum absolute atomic E-state index is 0.0177. The highest BCUT2D eigenvalue weighted by molar-refractivity contribution is 5.92. The van der Waals surface area contributed by atoms with Crippen LogP contribution in [0.2, 0.25) is 0 Å². The minimum atomic E-state index is -0.479. The van der Waals surface area contributed by atoms with E-state index in [1.54, 1.807) is 35.2 Å². The zero-order valence-corrected chi connectivity index (χ0v) is 15.1. The van der Waals surface area contributed by atoms with E-state index in [9.17, 15) is 9.59 Å².